The Balaban J connectivity index is 0.0000000830. The maximum Gasteiger partial charge on any atom is 0.333 e. The molecule has 0 atom stereocenters. The zero-order valence-electron chi connectivity index (χ0n) is 57.7. The summed E-state index contributed by atoms with van der Waals surface area (Å²) >= 11 is 1.81. The number of fused-ring (bicyclic) bond motifs is 35. The molecule has 20 aromatic heterocycles. The van der Waals surface area contributed by atoms with E-state index in [1.807, 2.05) is 144 Å². The Labute approximate surface area is 590 Å². The molecule has 0 radical (unpaired) electrons. The SMILES string of the molecule is Cn1c2[n+](c3c1cn1cnccc31)Cc1cccnc1-2.[2H]C([2H])([2H])n1c2[n+](c3c1cn1cnccc31)Cc1cccnc1-2.c1ccc(-n2c3[n+](c4c2cn2cnccc42)Cc2cccnc2-3)cc1.c1cnc2c(c1)C[n+]1c-2oc2cc3cnccn3c21.c1cnc2c(c1)C[n+]1c-2sc2cc3cnccn3c21. The number of oxazole rings is 1. The van der Waals surface area contributed by atoms with E-state index in [0.29, 0.717) is 17.9 Å². The van der Waals surface area contributed by atoms with E-state index in [0.717, 1.165) is 116 Å². The van der Waals surface area contributed by atoms with Crippen molar-refractivity contribution in [2.75, 3.05) is 0 Å². The normalized spacial score (nSPS) is 13.5. The maximum atomic E-state index is 7.99. The smallest absolute Gasteiger partial charge is 0.333 e. The molecule has 24 nitrogen and oxygen atoms in total. The predicted octanol–water partition coefficient (Wildman–Crippen LogP) is 10.1. The first-order valence-corrected chi connectivity index (χ1v) is 34.4. The summed E-state index contributed by atoms with van der Waals surface area (Å²) in [7, 11) is 2.10. The fraction of sp³-hybridized carbons (Fsp3) is 0.0897. The number of hydrogen-bond donors (Lipinski definition) is 0. The Bertz CT molecular complexity index is 7090. The van der Waals surface area contributed by atoms with Gasteiger partial charge in [-0.25, -0.2) is 62.3 Å². The van der Waals surface area contributed by atoms with Gasteiger partial charge in [0, 0.05) is 89.5 Å². The second-order valence-electron chi connectivity index (χ2n) is 26.0. The van der Waals surface area contributed by atoms with Gasteiger partial charge in [-0.15, -0.1) is 0 Å². The molecule has 21 aromatic rings. The summed E-state index contributed by atoms with van der Waals surface area (Å²) < 4.78 is 58.8. The monoisotopic (exact) mass is 1370 g/mol. The van der Waals surface area contributed by atoms with Gasteiger partial charge >= 0.3 is 34.7 Å². The molecule has 25 heterocycles. The highest BCUT2D eigenvalue weighted by molar-refractivity contribution is 7.21. The average Bonchev–Trinajstić information content (AvgIpc) is 1.56. The van der Waals surface area contributed by atoms with E-state index in [1.54, 1.807) is 42.5 Å². The standard InChI is InChI=1S/C20H14N5.2C15H12N5.C14H9N4O.C14H9N4S/c1-2-6-15(7-3-1)25-17-12-23-13-21-10-8-16(23)19(17)24-11-14-5-4-9-22-18(14)20(24)25;2*1-18-12-8-19-9-16-6-4-11(19)14(12)20-7-10-3-2-5-17-13(10)15(18)20;2*1-2-9-8-18-13-11(19-14(18)12(9)16-3-1)6-10-7-15-4-5-17(10)13/h1-10,12-13H,11H2;2*2-6,8-9H,7H2,1H3;2*1-7H,8H2/q5*+1/i;1D3;;;. The quantitative estimate of drug-likeness (QED) is 0.142. The van der Waals surface area contributed by atoms with Crippen LogP contribution < -0.4 is 22.8 Å². The van der Waals surface area contributed by atoms with Crippen LogP contribution in [0.2, 0.25) is 0 Å². The van der Waals surface area contributed by atoms with Crippen molar-refractivity contribution in [2.24, 2.45) is 14.0 Å². The van der Waals surface area contributed by atoms with Crippen LogP contribution >= 0.6 is 11.3 Å². The van der Waals surface area contributed by atoms with E-state index in [2.05, 4.69) is 181 Å². The van der Waals surface area contributed by atoms with Crippen LogP contribution in [0.4, 0.5) is 0 Å². The Morgan fingerprint density at radius 2 is 0.883 bits per heavy atom. The Hall–Kier alpha value is -13.8. The average molecular weight is 1370 g/mol. The predicted molar refractivity (Wildman–Crippen MR) is 384 cm³/mol. The second kappa shape index (κ2) is 21.8. The first-order valence-electron chi connectivity index (χ1n) is 35.1. The number of thiazole rings is 1. The van der Waals surface area contributed by atoms with Gasteiger partial charge in [-0.3, -0.25) is 28.2 Å². The Kier molecular flexibility index (Phi) is 11.5. The van der Waals surface area contributed by atoms with Crippen molar-refractivity contribution in [3.8, 4) is 62.5 Å². The van der Waals surface area contributed by atoms with Gasteiger partial charge in [-0.05, 0) is 60.7 Å². The molecule has 26 rings (SSSR count). The number of para-hydroxylation sites is 1. The van der Waals surface area contributed by atoms with Crippen molar-refractivity contribution in [2.45, 2.75) is 32.7 Å². The lowest BCUT2D eigenvalue weighted by molar-refractivity contribution is -0.651. The number of benzene rings is 1. The van der Waals surface area contributed by atoms with Gasteiger partial charge < -0.3 is 4.42 Å². The molecule has 0 saturated carbocycles. The lowest BCUT2D eigenvalue weighted by Gasteiger charge is -2.00. The lowest BCUT2D eigenvalue weighted by Crippen LogP contribution is -2.31. The number of nitrogens with zero attached hydrogens (tertiary/aromatic N) is 23. The first kappa shape index (κ1) is 54.1. The Morgan fingerprint density at radius 3 is 1.48 bits per heavy atom. The molecule has 0 spiro atoms. The zero-order chi connectivity index (χ0) is 70.2. The zero-order valence-corrected chi connectivity index (χ0v) is 55.5. The number of pyridine rings is 5. The largest absolute Gasteiger partial charge is 0.412 e. The van der Waals surface area contributed by atoms with Gasteiger partial charge in [0.2, 0.25) is 27.1 Å². The van der Waals surface area contributed by atoms with Crippen molar-refractivity contribution >= 4 is 93.6 Å². The molecule has 103 heavy (non-hydrogen) atoms. The number of hydrogen-bond acceptors (Lipinski definition) is 12. The van der Waals surface area contributed by atoms with Crippen LogP contribution in [0.15, 0.2) is 250 Å². The molecular formula is C78H56N23OS+5. The minimum absolute atomic E-state index is 0.625. The van der Waals surface area contributed by atoms with Crippen molar-refractivity contribution in [1.82, 2.24) is 85.5 Å². The summed E-state index contributed by atoms with van der Waals surface area (Å²) in [5.41, 5.74) is 27.3. The van der Waals surface area contributed by atoms with Crippen molar-refractivity contribution in [3.05, 3.63) is 273 Å². The molecule has 5 aliphatic heterocycles. The first-order chi connectivity index (χ1) is 52.1. The summed E-state index contributed by atoms with van der Waals surface area (Å²) in [4.78, 5) is 43.5. The molecule has 490 valence electrons. The number of imidazole rings is 3. The minimum atomic E-state index is -2.28. The molecule has 5 aliphatic rings. The number of aromatic nitrogens is 23. The van der Waals surface area contributed by atoms with Gasteiger partial charge in [0.25, 0.3) is 0 Å². The van der Waals surface area contributed by atoms with E-state index in [4.69, 9.17) is 8.53 Å². The molecule has 1 aromatic carbocycles. The third kappa shape index (κ3) is 8.35. The summed E-state index contributed by atoms with van der Waals surface area (Å²) in [6.07, 6.45) is 37.3. The molecule has 0 saturated heterocycles. The van der Waals surface area contributed by atoms with Crippen LogP contribution in [-0.2, 0) is 46.7 Å². The van der Waals surface area contributed by atoms with Crippen LogP contribution in [0.5, 0.6) is 0 Å². The summed E-state index contributed by atoms with van der Waals surface area (Å²) in [5.74, 6) is 3.81. The van der Waals surface area contributed by atoms with Gasteiger partial charge in [-0.1, -0.05) is 59.9 Å². The fourth-order valence-corrected chi connectivity index (χ4v) is 17.3. The van der Waals surface area contributed by atoms with Crippen LogP contribution in [0, 0.1) is 0 Å². The third-order valence-corrected chi connectivity index (χ3v) is 21.5. The molecule has 0 N–H and O–H groups in total. The Morgan fingerprint density at radius 1 is 0.417 bits per heavy atom. The van der Waals surface area contributed by atoms with Crippen LogP contribution in [-0.4, -0.2) is 85.5 Å². The van der Waals surface area contributed by atoms with Crippen molar-refractivity contribution in [1.29, 1.82) is 0 Å². The highest BCUT2D eigenvalue weighted by Gasteiger charge is 2.41. The minimum Gasteiger partial charge on any atom is -0.412 e. The second-order valence-corrected chi connectivity index (χ2v) is 27.0. The van der Waals surface area contributed by atoms with E-state index in [9.17, 15) is 0 Å². The van der Waals surface area contributed by atoms with Crippen molar-refractivity contribution < 1.29 is 31.4 Å². The lowest BCUT2D eigenvalue weighted by atomic mass is 10.2. The topological polar surface area (TPSA) is 198 Å². The third-order valence-electron chi connectivity index (χ3n) is 20.4. The summed E-state index contributed by atoms with van der Waals surface area (Å²) in [6.45, 7) is 1.79. The maximum absolute atomic E-state index is 7.99. The van der Waals surface area contributed by atoms with Crippen LogP contribution in [0.1, 0.15) is 31.9 Å². The molecule has 0 aliphatic carbocycles. The molecule has 25 heteroatoms. The summed E-state index contributed by atoms with van der Waals surface area (Å²) in [6, 6.07) is 41.1. The molecule has 0 fully saturated rings. The van der Waals surface area contributed by atoms with Crippen LogP contribution in [0.25, 0.3) is 145 Å². The highest BCUT2D eigenvalue weighted by atomic mass is 32.1. The van der Waals surface area contributed by atoms with Gasteiger partial charge in [0.05, 0.1) is 97.0 Å². The summed E-state index contributed by atoms with van der Waals surface area (Å²) in [5, 5.41) is 1.26. The fourth-order valence-electron chi connectivity index (χ4n) is 16.0. The number of aryl methyl sites for hydroxylation is 2. The van der Waals surface area contributed by atoms with Gasteiger partial charge in [-0.2, -0.15) is 17.9 Å². The molecule has 0 amide bonds. The van der Waals surface area contributed by atoms with Crippen molar-refractivity contribution in [3.63, 3.8) is 0 Å². The van der Waals surface area contributed by atoms with Crippen LogP contribution in [0.3, 0.4) is 0 Å². The van der Waals surface area contributed by atoms with E-state index >= 15 is 0 Å². The van der Waals surface area contributed by atoms with E-state index in [-0.39, 0.29) is 0 Å². The van der Waals surface area contributed by atoms with E-state index in [1.165, 1.54) is 75.6 Å². The molecular weight excluding hydrogens is 1310 g/mol. The van der Waals surface area contributed by atoms with E-state index < -0.39 is 6.98 Å². The van der Waals surface area contributed by atoms with Gasteiger partial charge in [0.15, 0.2) is 50.4 Å². The highest BCUT2D eigenvalue weighted by Crippen LogP contribution is 2.39. The number of rotatable bonds is 1. The van der Waals surface area contributed by atoms with Gasteiger partial charge in [0.1, 0.15) is 61.2 Å². The molecule has 0 bridgehead atoms. The molecule has 0 unspecified atom stereocenters.